The van der Waals surface area contributed by atoms with Crippen LogP contribution in [0.4, 0.5) is 4.39 Å². The fraction of sp³-hybridized carbons (Fsp3) is 0.238. The highest BCUT2D eigenvalue weighted by Gasteiger charge is 2.26. The van der Waals surface area contributed by atoms with E-state index in [-0.39, 0.29) is 36.0 Å². The average Bonchev–Trinajstić information content (AvgIpc) is 3.33. The molecule has 2 heterocycles. The number of carbonyl (C=O) groups excluding carboxylic acids is 1. The first-order valence-electron chi connectivity index (χ1n) is 8.91. The first-order chi connectivity index (χ1) is 13.6. The Kier molecular flexibility index (Phi) is 4.97. The maximum absolute atomic E-state index is 12.9. The molecule has 1 unspecified atom stereocenters. The molecule has 144 valence electrons. The number of hydrogen-bond acceptors (Lipinski definition) is 5. The van der Waals surface area contributed by atoms with Crippen LogP contribution in [0, 0.1) is 5.82 Å². The summed E-state index contributed by atoms with van der Waals surface area (Å²) >= 11 is 0. The molecule has 7 heteroatoms. The largest absolute Gasteiger partial charge is 0.488 e. The monoisotopic (exact) mass is 382 g/mol. The van der Waals surface area contributed by atoms with Crippen molar-refractivity contribution in [3.63, 3.8) is 0 Å². The second kappa shape index (κ2) is 7.72. The maximum atomic E-state index is 12.9. The summed E-state index contributed by atoms with van der Waals surface area (Å²) in [5, 5.41) is 0. The molecule has 0 aliphatic carbocycles. The Balaban J connectivity index is 1.32. The summed E-state index contributed by atoms with van der Waals surface area (Å²) in [4.78, 5) is 18.3. The first-order valence-corrected chi connectivity index (χ1v) is 8.91. The van der Waals surface area contributed by atoms with Gasteiger partial charge in [-0.25, -0.2) is 9.37 Å². The molecule has 0 radical (unpaired) electrons. The molecule has 28 heavy (non-hydrogen) atoms. The number of likely N-dealkylation sites (N-methyl/N-ethyl adjacent to an activating group) is 1. The van der Waals surface area contributed by atoms with Gasteiger partial charge in [0, 0.05) is 13.5 Å². The lowest BCUT2D eigenvalue weighted by Crippen LogP contribution is -2.36. The van der Waals surface area contributed by atoms with E-state index in [0.29, 0.717) is 12.3 Å². The number of nitrogens with zero attached hydrogens (tertiary/aromatic N) is 2. The molecule has 0 N–H and O–H groups in total. The van der Waals surface area contributed by atoms with Gasteiger partial charge in [-0.05, 0) is 35.9 Å². The van der Waals surface area contributed by atoms with Crippen LogP contribution < -0.4 is 9.47 Å². The van der Waals surface area contributed by atoms with E-state index in [4.69, 9.17) is 13.9 Å². The number of hydrogen-bond donors (Lipinski definition) is 0. The zero-order chi connectivity index (χ0) is 19.5. The van der Waals surface area contributed by atoms with Gasteiger partial charge in [-0.15, -0.1) is 0 Å². The van der Waals surface area contributed by atoms with Gasteiger partial charge >= 0.3 is 0 Å². The summed E-state index contributed by atoms with van der Waals surface area (Å²) in [5.41, 5.74) is 1.35. The lowest BCUT2D eigenvalue weighted by molar-refractivity contribution is 0.0724. The van der Waals surface area contributed by atoms with E-state index in [0.717, 1.165) is 17.7 Å². The van der Waals surface area contributed by atoms with Crippen molar-refractivity contribution in [2.45, 2.75) is 19.1 Å². The number of benzene rings is 2. The van der Waals surface area contributed by atoms with Crippen LogP contribution in [0.25, 0.3) is 0 Å². The van der Waals surface area contributed by atoms with Crippen molar-refractivity contribution in [2.24, 2.45) is 0 Å². The van der Waals surface area contributed by atoms with E-state index in [9.17, 15) is 9.18 Å². The predicted octanol–water partition coefficient (Wildman–Crippen LogP) is 3.47. The van der Waals surface area contributed by atoms with Gasteiger partial charge in [-0.3, -0.25) is 4.79 Å². The van der Waals surface area contributed by atoms with Gasteiger partial charge in [-0.1, -0.05) is 18.2 Å². The second-order valence-electron chi connectivity index (χ2n) is 6.61. The number of amides is 1. The fourth-order valence-electron chi connectivity index (χ4n) is 3.09. The van der Waals surface area contributed by atoms with Gasteiger partial charge in [0.05, 0.1) is 6.54 Å². The number of halogens is 1. The lowest BCUT2D eigenvalue weighted by atomic mass is 10.1. The highest BCUT2D eigenvalue weighted by molar-refractivity contribution is 5.91. The standard InChI is InChI=1S/C21H19FN2O4/c1-24(11-17-10-14-4-2-3-5-19(14)28-17)21(25)18-12-27-20(23-18)13-26-16-8-6-15(22)7-9-16/h2-9,12,17H,10-11,13H2,1H3. The minimum absolute atomic E-state index is 0.0453. The SMILES string of the molecule is CN(CC1Cc2ccccc2O1)C(=O)c1coc(COc2ccc(F)cc2)n1. The molecule has 1 atom stereocenters. The topological polar surface area (TPSA) is 64.8 Å². The smallest absolute Gasteiger partial charge is 0.275 e. The van der Waals surface area contributed by atoms with Crippen LogP contribution in [-0.4, -0.2) is 35.5 Å². The molecule has 0 bridgehead atoms. The minimum atomic E-state index is -0.339. The normalized spacial score (nSPS) is 15.0. The van der Waals surface area contributed by atoms with Crippen molar-refractivity contribution >= 4 is 5.91 Å². The molecular weight excluding hydrogens is 363 g/mol. The van der Waals surface area contributed by atoms with Crippen LogP contribution in [0.5, 0.6) is 11.5 Å². The Morgan fingerprint density at radius 2 is 2.04 bits per heavy atom. The van der Waals surface area contributed by atoms with Gasteiger partial charge in [0.25, 0.3) is 5.91 Å². The highest BCUT2D eigenvalue weighted by Crippen LogP contribution is 2.28. The van der Waals surface area contributed by atoms with E-state index in [2.05, 4.69) is 4.98 Å². The number of fused-ring (bicyclic) bond motifs is 1. The third-order valence-corrected chi connectivity index (χ3v) is 4.48. The van der Waals surface area contributed by atoms with Crippen molar-refractivity contribution in [1.82, 2.24) is 9.88 Å². The highest BCUT2D eigenvalue weighted by atomic mass is 19.1. The minimum Gasteiger partial charge on any atom is -0.488 e. The summed E-state index contributed by atoms with van der Waals surface area (Å²) in [7, 11) is 1.71. The van der Waals surface area contributed by atoms with Crippen LogP contribution in [0.1, 0.15) is 21.9 Å². The Labute approximate surface area is 161 Å². The third kappa shape index (κ3) is 3.98. The molecule has 3 aromatic rings. The van der Waals surface area contributed by atoms with E-state index < -0.39 is 0 Å². The number of ether oxygens (including phenoxy) is 2. The zero-order valence-electron chi connectivity index (χ0n) is 15.3. The summed E-state index contributed by atoms with van der Waals surface area (Å²) in [5.74, 6) is 1.04. The molecule has 1 aliphatic rings. The number of oxazole rings is 1. The maximum Gasteiger partial charge on any atom is 0.275 e. The number of para-hydroxylation sites is 1. The fourth-order valence-corrected chi connectivity index (χ4v) is 3.09. The molecule has 1 amide bonds. The van der Waals surface area contributed by atoms with E-state index in [1.54, 1.807) is 11.9 Å². The van der Waals surface area contributed by atoms with Crippen molar-refractivity contribution in [3.05, 3.63) is 77.8 Å². The van der Waals surface area contributed by atoms with Gasteiger partial charge in [0.2, 0.25) is 5.89 Å². The second-order valence-corrected chi connectivity index (χ2v) is 6.61. The van der Waals surface area contributed by atoms with Gasteiger partial charge in [0.15, 0.2) is 12.3 Å². The van der Waals surface area contributed by atoms with Crippen LogP contribution in [0.15, 0.2) is 59.2 Å². The summed E-state index contributed by atoms with van der Waals surface area (Å²) in [6.07, 6.45) is 2.00. The predicted molar refractivity (Wildman–Crippen MR) is 98.8 cm³/mol. The Hall–Kier alpha value is -3.35. The van der Waals surface area contributed by atoms with Crippen molar-refractivity contribution in [3.8, 4) is 11.5 Å². The van der Waals surface area contributed by atoms with Crippen molar-refractivity contribution in [1.29, 1.82) is 0 Å². The number of aromatic nitrogens is 1. The van der Waals surface area contributed by atoms with E-state index in [1.807, 2.05) is 24.3 Å². The molecule has 0 spiro atoms. The van der Waals surface area contributed by atoms with Crippen LogP contribution in [0.3, 0.4) is 0 Å². The molecule has 0 saturated carbocycles. The van der Waals surface area contributed by atoms with Crippen molar-refractivity contribution in [2.75, 3.05) is 13.6 Å². The van der Waals surface area contributed by atoms with Crippen LogP contribution in [0.2, 0.25) is 0 Å². The molecule has 0 fully saturated rings. The summed E-state index contributed by atoms with van der Waals surface area (Å²) in [6.45, 7) is 0.492. The lowest BCUT2D eigenvalue weighted by Gasteiger charge is -2.20. The van der Waals surface area contributed by atoms with Crippen molar-refractivity contribution < 1.29 is 23.1 Å². The van der Waals surface area contributed by atoms with E-state index in [1.165, 1.54) is 30.5 Å². The average molecular weight is 382 g/mol. The molecule has 1 aliphatic heterocycles. The van der Waals surface area contributed by atoms with E-state index >= 15 is 0 Å². The Bertz CT molecular complexity index is 946. The quantitative estimate of drug-likeness (QED) is 0.653. The Morgan fingerprint density at radius 3 is 2.82 bits per heavy atom. The Morgan fingerprint density at radius 1 is 1.25 bits per heavy atom. The molecule has 6 nitrogen and oxygen atoms in total. The number of carbonyl (C=O) groups is 1. The molecule has 4 rings (SSSR count). The molecule has 2 aromatic carbocycles. The zero-order valence-corrected chi connectivity index (χ0v) is 15.3. The van der Waals surface area contributed by atoms with Gasteiger partial charge < -0.3 is 18.8 Å². The molecule has 1 aromatic heterocycles. The number of rotatable bonds is 6. The molecular formula is C21H19FN2O4. The van der Waals surface area contributed by atoms with Crippen LogP contribution in [-0.2, 0) is 13.0 Å². The molecule has 0 saturated heterocycles. The first kappa shape index (κ1) is 18.0. The van der Waals surface area contributed by atoms with Crippen LogP contribution >= 0.6 is 0 Å². The summed E-state index contributed by atoms with van der Waals surface area (Å²) < 4.78 is 29.6. The summed E-state index contributed by atoms with van der Waals surface area (Å²) in [6, 6.07) is 13.5. The third-order valence-electron chi connectivity index (χ3n) is 4.48. The van der Waals surface area contributed by atoms with Gasteiger partial charge in [0.1, 0.15) is 29.7 Å². The van der Waals surface area contributed by atoms with Gasteiger partial charge in [-0.2, -0.15) is 0 Å².